The SMILES string of the molecule is O=C(Nc1cccnc1OCC(F)F)c1cc(C2CC2)[nH]n1. The van der Waals surface area contributed by atoms with Gasteiger partial charge in [-0.05, 0) is 31.0 Å². The minimum Gasteiger partial charge on any atom is -0.470 e. The first-order chi connectivity index (χ1) is 10.6. The Kier molecular flexibility index (Phi) is 3.99. The normalized spacial score (nSPS) is 14.1. The molecule has 0 aromatic carbocycles. The number of aromatic nitrogens is 3. The van der Waals surface area contributed by atoms with Crippen LogP contribution in [-0.4, -0.2) is 34.1 Å². The minimum atomic E-state index is -2.61. The lowest BCUT2D eigenvalue weighted by Crippen LogP contribution is -2.15. The van der Waals surface area contributed by atoms with Gasteiger partial charge < -0.3 is 10.1 Å². The number of alkyl halides is 2. The van der Waals surface area contributed by atoms with Gasteiger partial charge in [0.05, 0.1) is 0 Å². The molecule has 1 amide bonds. The Balaban J connectivity index is 1.69. The highest BCUT2D eigenvalue weighted by molar-refractivity contribution is 6.03. The quantitative estimate of drug-likeness (QED) is 0.859. The first-order valence-corrected chi connectivity index (χ1v) is 6.86. The molecule has 22 heavy (non-hydrogen) atoms. The summed E-state index contributed by atoms with van der Waals surface area (Å²) in [5.74, 6) is -0.0375. The molecule has 2 aromatic heterocycles. The van der Waals surface area contributed by atoms with E-state index in [0.717, 1.165) is 18.5 Å². The summed E-state index contributed by atoms with van der Waals surface area (Å²) in [6, 6.07) is 4.80. The number of pyridine rings is 1. The van der Waals surface area contributed by atoms with Crippen LogP contribution < -0.4 is 10.1 Å². The van der Waals surface area contributed by atoms with Gasteiger partial charge in [0.2, 0.25) is 5.88 Å². The van der Waals surface area contributed by atoms with Gasteiger partial charge in [0.1, 0.15) is 5.69 Å². The van der Waals surface area contributed by atoms with E-state index in [4.69, 9.17) is 4.74 Å². The zero-order valence-corrected chi connectivity index (χ0v) is 11.6. The molecule has 2 heterocycles. The average Bonchev–Trinajstić information content (AvgIpc) is 3.23. The van der Waals surface area contributed by atoms with Gasteiger partial charge in [0.15, 0.2) is 12.3 Å². The van der Waals surface area contributed by atoms with Crippen molar-refractivity contribution in [2.75, 3.05) is 11.9 Å². The van der Waals surface area contributed by atoms with Crippen molar-refractivity contribution < 1.29 is 18.3 Å². The van der Waals surface area contributed by atoms with Crippen LogP contribution in [0, 0.1) is 0 Å². The van der Waals surface area contributed by atoms with Crippen molar-refractivity contribution in [2.45, 2.75) is 25.2 Å². The zero-order chi connectivity index (χ0) is 15.5. The number of anilines is 1. The molecule has 6 nitrogen and oxygen atoms in total. The van der Waals surface area contributed by atoms with Gasteiger partial charge in [-0.3, -0.25) is 9.89 Å². The summed E-state index contributed by atoms with van der Waals surface area (Å²) in [7, 11) is 0. The van der Waals surface area contributed by atoms with Crippen LogP contribution in [0.1, 0.15) is 34.9 Å². The molecule has 1 aliphatic carbocycles. The molecule has 0 atom stereocenters. The van der Waals surface area contributed by atoms with Crippen LogP contribution in [0.3, 0.4) is 0 Å². The second kappa shape index (κ2) is 6.08. The van der Waals surface area contributed by atoms with Gasteiger partial charge in [0, 0.05) is 17.8 Å². The van der Waals surface area contributed by atoms with Crippen LogP contribution in [0.4, 0.5) is 14.5 Å². The number of carbonyl (C=O) groups is 1. The molecule has 0 aliphatic heterocycles. The first kappa shape index (κ1) is 14.4. The molecule has 1 fully saturated rings. The van der Waals surface area contributed by atoms with Crippen LogP contribution in [0.25, 0.3) is 0 Å². The Bertz CT molecular complexity index is 670. The van der Waals surface area contributed by atoms with Crippen molar-refractivity contribution in [1.82, 2.24) is 15.2 Å². The number of ether oxygens (including phenoxy) is 1. The number of rotatable bonds is 6. The fourth-order valence-electron chi connectivity index (χ4n) is 1.99. The molecule has 2 N–H and O–H groups in total. The van der Waals surface area contributed by atoms with E-state index in [0.29, 0.717) is 5.92 Å². The van der Waals surface area contributed by atoms with E-state index in [1.165, 1.54) is 12.3 Å². The Hall–Kier alpha value is -2.51. The lowest BCUT2D eigenvalue weighted by atomic mass is 10.2. The molecule has 3 rings (SSSR count). The van der Waals surface area contributed by atoms with Crippen LogP contribution in [0.15, 0.2) is 24.4 Å². The molecule has 0 bridgehead atoms. The largest absolute Gasteiger partial charge is 0.470 e. The molecular formula is C14H14F2N4O2. The van der Waals surface area contributed by atoms with E-state index in [2.05, 4.69) is 20.5 Å². The third-order valence-electron chi connectivity index (χ3n) is 3.21. The molecule has 0 saturated heterocycles. The number of halogens is 2. The molecular weight excluding hydrogens is 294 g/mol. The zero-order valence-electron chi connectivity index (χ0n) is 11.6. The summed E-state index contributed by atoms with van der Waals surface area (Å²) in [6.45, 7) is -0.784. The summed E-state index contributed by atoms with van der Waals surface area (Å²) >= 11 is 0. The van der Waals surface area contributed by atoms with Crippen LogP contribution in [0.2, 0.25) is 0 Å². The highest BCUT2D eigenvalue weighted by atomic mass is 19.3. The summed E-state index contributed by atoms with van der Waals surface area (Å²) in [5.41, 5.74) is 1.40. The van der Waals surface area contributed by atoms with Gasteiger partial charge in [-0.2, -0.15) is 5.10 Å². The van der Waals surface area contributed by atoms with Crippen molar-refractivity contribution in [3.05, 3.63) is 35.8 Å². The second-order valence-corrected chi connectivity index (χ2v) is 5.00. The molecule has 0 spiro atoms. The number of nitrogens with one attached hydrogen (secondary N) is 2. The molecule has 1 saturated carbocycles. The van der Waals surface area contributed by atoms with Gasteiger partial charge in [-0.1, -0.05) is 0 Å². The van der Waals surface area contributed by atoms with Crippen LogP contribution in [0.5, 0.6) is 5.88 Å². The average molecular weight is 308 g/mol. The lowest BCUT2D eigenvalue weighted by Gasteiger charge is -2.10. The molecule has 0 radical (unpaired) electrons. The predicted octanol–water partition coefficient (Wildman–Crippen LogP) is 2.58. The Labute approximate surface area is 124 Å². The third kappa shape index (κ3) is 3.38. The topological polar surface area (TPSA) is 79.9 Å². The minimum absolute atomic E-state index is 0.0471. The molecule has 0 unspecified atom stereocenters. The van der Waals surface area contributed by atoms with Crippen LogP contribution >= 0.6 is 0 Å². The number of nitrogens with zero attached hydrogens (tertiary/aromatic N) is 2. The van der Waals surface area contributed by atoms with E-state index in [1.807, 2.05) is 0 Å². The Morgan fingerprint density at radius 1 is 1.50 bits per heavy atom. The van der Waals surface area contributed by atoms with E-state index in [-0.39, 0.29) is 17.3 Å². The second-order valence-electron chi connectivity index (χ2n) is 5.00. The Morgan fingerprint density at radius 3 is 3.05 bits per heavy atom. The highest BCUT2D eigenvalue weighted by Crippen LogP contribution is 2.39. The van der Waals surface area contributed by atoms with Crippen molar-refractivity contribution in [3.8, 4) is 5.88 Å². The Morgan fingerprint density at radius 2 is 2.32 bits per heavy atom. The molecule has 8 heteroatoms. The van der Waals surface area contributed by atoms with Crippen molar-refractivity contribution >= 4 is 11.6 Å². The molecule has 116 valence electrons. The highest BCUT2D eigenvalue weighted by Gasteiger charge is 2.26. The summed E-state index contributed by atoms with van der Waals surface area (Å²) in [4.78, 5) is 16.0. The van der Waals surface area contributed by atoms with Gasteiger partial charge in [-0.25, -0.2) is 13.8 Å². The number of hydrogen-bond acceptors (Lipinski definition) is 4. The maximum absolute atomic E-state index is 12.2. The summed E-state index contributed by atoms with van der Waals surface area (Å²) in [5, 5.41) is 9.36. The fourth-order valence-corrected chi connectivity index (χ4v) is 1.99. The number of carbonyl (C=O) groups excluding carboxylic acids is 1. The number of amides is 1. The number of hydrogen-bond donors (Lipinski definition) is 2. The lowest BCUT2D eigenvalue weighted by molar-refractivity contribution is 0.0799. The molecule has 2 aromatic rings. The summed E-state index contributed by atoms with van der Waals surface area (Å²) < 4.78 is 29.3. The smallest absolute Gasteiger partial charge is 0.276 e. The van der Waals surface area contributed by atoms with Gasteiger partial charge in [-0.15, -0.1) is 0 Å². The number of H-pyrrole nitrogens is 1. The summed E-state index contributed by atoms with van der Waals surface area (Å²) in [6.07, 6.45) is 0.975. The first-order valence-electron chi connectivity index (χ1n) is 6.86. The van der Waals surface area contributed by atoms with Crippen molar-refractivity contribution in [1.29, 1.82) is 0 Å². The fraction of sp³-hybridized carbons (Fsp3) is 0.357. The maximum Gasteiger partial charge on any atom is 0.276 e. The van der Waals surface area contributed by atoms with Gasteiger partial charge in [0.25, 0.3) is 12.3 Å². The molecule has 1 aliphatic rings. The standard InChI is InChI=1S/C14H14F2N4O2/c15-12(16)7-22-14-9(2-1-5-17-14)18-13(21)11-6-10(19-20-11)8-3-4-8/h1-2,5-6,8,12H,3-4,7H2,(H,18,21)(H,19,20). The van der Waals surface area contributed by atoms with E-state index >= 15 is 0 Å². The third-order valence-corrected chi connectivity index (χ3v) is 3.21. The van der Waals surface area contributed by atoms with Crippen molar-refractivity contribution in [3.63, 3.8) is 0 Å². The van der Waals surface area contributed by atoms with Gasteiger partial charge >= 0.3 is 0 Å². The van der Waals surface area contributed by atoms with Crippen LogP contribution in [-0.2, 0) is 0 Å². The predicted molar refractivity (Wildman–Crippen MR) is 74.3 cm³/mol. The van der Waals surface area contributed by atoms with E-state index in [9.17, 15) is 13.6 Å². The number of aromatic amines is 1. The van der Waals surface area contributed by atoms with E-state index < -0.39 is 18.9 Å². The monoisotopic (exact) mass is 308 g/mol. The van der Waals surface area contributed by atoms with Crippen molar-refractivity contribution in [2.24, 2.45) is 0 Å². The maximum atomic E-state index is 12.2. The van der Waals surface area contributed by atoms with E-state index in [1.54, 1.807) is 12.1 Å².